The molecule has 0 unspecified atom stereocenters. The molecular weight excluding hydrogens is 230 g/mol. The lowest BCUT2D eigenvalue weighted by Crippen LogP contribution is -2.22. The first-order valence-electron chi connectivity index (χ1n) is 4.44. The van der Waals surface area contributed by atoms with Crippen LogP contribution in [0, 0.1) is 0 Å². The number of nitrogens with one attached hydrogen (secondary N) is 1. The molecular formula is C11H6ClNOS. The molecule has 1 aliphatic rings. The van der Waals surface area contributed by atoms with Gasteiger partial charge >= 0.3 is 0 Å². The van der Waals surface area contributed by atoms with E-state index in [0.29, 0.717) is 5.02 Å². The van der Waals surface area contributed by atoms with Gasteiger partial charge in [0.05, 0.1) is 5.56 Å². The highest BCUT2D eigenvalue weighted by Crippen LogP contribution is 2.41. The third kappa shape index (κ3) is 1.28. The van der Waals surface area contributed by atoms with E-state index < -0.39 is 0 Å². The van der Waals surface area contributed by atoms with Crippen LogP contribution in [-0.2, 0) is 0 Å². The third-order valence-electron chi connectivity index (χ3n) is 2.40. The first-order chi connectivity index (χ1) is 7.25. The molecule has 0 saturated carbocycles. The summed E-state index contributed by atoms with van der Waals surface area (Å²) in [5.41, 5.74) is 2.84. The van der Waals surface area contributed by atoms with Gasteiger partial charge in [-0.2, -0.15) is 0 Å². The summed E-state index contributed by atoms with van der Waals surface area (Å²) in [6, 6.07) is 7.52. The molecule has 2 heterocycles. The summed E-state index contributed by atoms with van der Waals surface area (Å²) in [7, 11) is 0. The summed E-state index contributed by atoms with van der Waals surface area (Å²) in [6.45, 7) is 0. The highest BCUT2D eigenvalue weighted by Gasteiger charge is 2.28. The lowest BCUT2D eigenvalue weighted by Gasteiger charge is -2.15. The fourth-order valence-corrected chi connectivity index (χ4v) is 2.71. The Bertz CT molecular complexity index is 544. The minimum Gasteiger partial charge on any atom is -0.313 e. The predicted molar refractivity (Wildman–Crippen MR) is 62.7 cm³/mol. The molecule has 1 aliphatic heterocycles. The van der Waals surface area contributed by atoms with E-state index in [2.05, 4.69) is 5.32 Å². The van der Waals surface area contributed by atoms with Gasteiger partial charge in [0, 0.05) is 16.0 Å². The summed E-state index contributed by atoms with van der Waals surface area (Å²) in [6.07, 6.45) is 0. The monoisotopic (exact) mass is 235 g/mol. The van der Waals surface area contributed by atoms with Crippen LogP contribution in [0.3, 0.4) is 0 Å². The number of thiophene rings is 1. The van der Waals surface area contributed by atoms with Gasteiger partial charge < -0.3 is 5.32 Å². The van der Waals surface area contributed by atoms with Gasteiger partial charge in [0.2, 0.25) is 0 Å². The molecule has 0 aliphatic carbocycles. The highest BCUT2D eigenvalue weighted by molar-refractivity contribution is 7.16. The van der Waals surface area contributed by atoms with Gasteiger partial charge in [-0.3, -0.25) is 4.79 Å². The largest absolute Gasteiger partial charge is 0.313 e. The average Bonchev–Trinajstić information content (AvgIpc) is 2.56. The number of carbonyl (C=O) groups excluding carboxylic acids is 1. The summed E-state index contributed by atoms with van der Waals surface area (Å²) >= 11 is 7.37. The van der Waals surface area contributed by atoms with Crippen molar-refractivity contribution in [3.8, 4) is 11.1 Å². The van der Waals surface area contributed by atoms with Crippen LogP contribution < -0.4 is 5.32 Å². The van der Waals surface area contributed by atoms with Gasteiger partial charge in [0.15, 0.2) is 0 Å². The molecule has 2 nitrogen and oxygen atoms in total. The number of amides is 1. The smallest absolute Gasteiger partial charge is 0.259 e. The first kappa shape index (κ1) is 8.95. The van der Waals surface area contributed by atoms with Crippen molar-refractivity contribution in [2.45, 2.75) is 0 Å². The molecule has 0 saturated heterocycles. The van der Waals surface area contributed by atoms with E-state index in [4.69, 9.17) is 11.6 Å². The highest BCUT2D eigenvalue weighted by atomic mass is 35.5. The minimum atomic E-state index is 0.0104. The quantitative estimate of drug-likeness (QED) is 0.804. The second kappa shape index (κ2) is 3.08. The van der Waals surface area contributed by atoms with Crippen molar-refractivity contribution >= 4 is 33.8 Å². The molecule has 15 heavy (non-hydrogen) atoms. The average molecular weight is 236 g/mol. The SMILES string of the molecule is O=C1Nc2scc(-c3ccc(Cl)cc3)c21. The minimum absolute atomic E-state index is 0.0104. The van der Waals surface area contributed by atoms with Crippen molar-refractivity contribution in [2.75, 3.05) is 5.32 Å². The Kier molecular flexibility index (Phi) is 1.84. The molecule has 1 aromatic carbocycles. The molecule has 0 radical (unpaired) electrons. The summed E-state index contributed by atoms with van der Waals surface area (Å²) < 4.78 is 0. The number of halogens is 1. The van der Waals surface area contributed by atoms with Gasteiger partial charge in [-0.15, -0.1) is 11.3 Å². The van der Waals surface area contributed by atoms with E-state index in [9.17, 15) is 4.79 Å². The molecule has 3 rings (SSSR count). The number of hydrogen-bond donors (Lipinski definition) is 1. The van der Waals surface area contributed by atoms with Crippen LogP contribution in [-0.4, -0.2) is 5.91 Å². The van der Waals surface area contributed by atoms with Crippen molar-refractivity contribution < 1.29 is 4.79 Å². The van der Waals surface area contributed by atoms with Crippen LogP contribution in [0.15, 0.2) is 29.6 Å². The van der Waals surface area contributed by atoms with Gasteiger partial charge in [0.25, 0.3) is 5.91 Å². The lowest BCUT2D eigenvalue weighted by molar-refractivity contribution is 0.101. The maximum atomic E-state index is 11.3. The van der Waals surface area contributed by atoms with Gasteiger partial charge in [-0.25, -0.2) is 0 Å². The zero-order valence-corrected chi connectivity index (χ0v) is 9.15. The maximum absolute atomic E-state index is 11.3. The Hall–Kier alpha value is -1.32. The number of rotatable bonds is 1. The fraction of sp³-hybridized carbons (Fsp3) is 0. The Morgan fingerprint density at radius 1 is 1.20 bits per heavy atom. The van der Waals surface area contributed by atoms with Gasteiger partial charge in [-0.05, 0) is 17.7 Å². The number of carbonyl (C=O) groups is 1. The Labute approximate surface area is 95.5 Å². The van der Waals surface area contributed by atoms with E-state index in [1.54, 1.807) is 11.3 Å². The predicted octanol–water partition coefficient (Wildman–Crippen LogP) is 3.63. The second-order valence-electron chi connectivity index (χ2n) is 3.31. The van der Waals surface area contributed by atoms with Crippen molar-refractivity contribution in [3.05, 3.63) is 40.2 Å². The molecule has 0 fully saturated rings. The van der Waals surface area contributed by atoms with Crippen molar-refractivity contribution in [1.82, 2.24) is 0 Å². The molecule has 1 amide bonds. The fourth-order valence-electron chi connectivity index (χ4n) is 1.62. The Balaban J connectivity index is 2.13. The van der Waals surface area contributed by atoms with Crippen LogP contribution in [0.25, 0.3) is 11.1 Å². The summed E-state index contributed by atoms with van der Waals surface area (Å²) in [4.78, 5) is 11.3. The van der Waals surface area contributed by atoms with E-state index in [1.165, 1.54) is 0 Å². The van der Waals surface area contributed by atoms with E-state index >= 15 is 0 Å². The Morgan fingerprint density at radius 3 is 2.60 bits per heavy atom. The van der Waals surface area contributed by atoms with Crippen LogP contribution in [0.2, 0.25) is 5.02 Å². The van der Waals surface area contributed by atoms with Gasteiger partial charge in [0.1, 0.15) is 5.00 Å². The molecule has 2 aromatic rings. The molecule has 0 spiro atoms. The van der Waals surface area contributed by atoms with Crippen LogP contribution in [0.4, 0.5) is 5.00 Å². The zero-order chi connectivity index (χ0) is 10.4. The molecule has 1 aromatic heterocycles. The normalized spacial score (nSPS) is 13.0. The first-order valence-corrected chi connectivity index (χ1v) is 5.70. The summed E-state index contributed by atoms with van der Waals surface area (Å²) in [5, 5.41) is 6.40. The van der Waals surface area contributed by atoms with Gasteiger partial charge in [-0.1, -0.05) is 23.7 Å². The standard InChI is InChI=1S/C11H6ClNOS/c12-7-3-1-6(2-4-7)8-5-15-11-9(8)10(14)13-11/h1-5H,(H,13,14). The number of fused-ring (bicyclic) bond motifs is 1. The zero-order valence-electron chi connectivity index (χ0n) is 7.58. The number of anilines is 1. The van der Waals surface area contributed by atoms with Crippen LogP contribution >= 0.6 is 22.9 Å². The van der Waals surface area contributed by atoms with Crippen molar-refractivity contribution in [3.63, 3.8) is 0 Å². The topological polar surface area (TPSA) is 29.1 Å². The van der Waals surface area contributed by atoms with E-state index in [0.717, 1.165) is 21.7 Å². The number of hydrogen-bond acceptors (Lipinski definition) is 2. The maximum Gasteiger partial charge on any atom is 0.259 e. The molecule has 0 bridgehead atoms. The van der Waals surface area contributed by atoms with E-state index in [1.807, 2.05) is 29.6 Å². The Morgan fingerprint density at radius 2 is 1.93 bits per heavy atom. The van der Waals surface area contributed by atoms with Crippen LogP contribution in [0.5, 0.6) is 0 Å². The van der Waals surface area contributed by atoms with Crippen molar-refractivity contribution in [2.24, 2.45) is 0 Å². The van der Waals surface area contributed by atoms with E-state index in [-0.39, 0.29) is 5.91 Å². The molecule has 1 N–H and O–H groups in total. The van der Waals surface area contributed by atoms with Crippen molar-refractivity contribution in [1.29, 1.82) is 0 Å². The second-order valence-corrected chi connectivity index (χ2v) is 4.63. The van der Waals surface area contributed by atoms with Crippen LogP contribution in [0.1, 0.15) is 10.4 Å². The third-order valence-corrected chi connectivity index (χ3v) is 3.55. The molecule has 4 heteroatoms. The summed E-state index contributed by atoms with van der Waals surface area (Å²) in [5.74, 6) is 0.0104. The lowest BCUT2D eigenvalue weighted by atomic mass is 10.0. The number of benzene rings is 1. The molecule has 0 atom stereocenters. The molecule has 74 valence electrons.